The van der Waals surface area contributed by atoms with Crippen molar-refractivity contribution in [3.63, 3.8) is 0 Å². The second-order valence-corrected chi connectivity index (χ2v) is 6.59. The molecule has 3 rings (SSSR count). The largest absolute Gasteiger partial charge is 0.496 e. The molecule has 0 unspecified atom stereocenters. The summed E-state index contributed by atoms with van der Waals surface area (Å²) in [5.41, 5.74) is 1.19. The topological polar surface area (TPSA) is 51.4 Å². The number of thiophene rings is 1. The third-order valence-electron chi connectivity index (χ3n) is 3.77. The first-order valence-electron chi connectivity index (χ1n) is 7.93. The predicted octanol–water partition coefficient (Wildman–Crippen LogP) is 3.87. The second kappa shape index (κ2) is 8.08. The fourth-order valence-corrected chi connectivity index (χ4v) is 3.22. The Morgan fingerprint density at radius 1 is 1.21 bits per heavy atom. The van der Waals surface area contributed by atoms with Gasteiger partial charge in [0.15, 0.2) is 0 Å². The van der Waals surface area contributed by atoms with Gasteiger partial charge in [0.25, 0.3) is 0 Å². The van der Waals surface area contributed by atoms with Crippen molar-refractivity contribution in [1.82, 2.24) is 15.0 Å². The molecule has 0 aliphatic carbocycles. The van der Waals surface area contributed by atoms with Crippen molar-refractivity contribution in [3.05, 3.63) is 53.2 Å². The molecule has 0 amide bonds. The minimum absolute atomic E-state index is 0.683. The van der Waals surface area contributed by atoms with E-state index in [0.29, 0.717) is 11.7 Å². The number of para-hydroxylation sites is 1. The molecule has 0 fully saturated rings. The molecular weight excluding hydrogens is 322 g/mol. The molecule has 0 aliphatic heterocycles. The van der Waals surface area contributed by atoms with Crippen LogP contribution < -0.4 is 4.74 Å². The zero-order valence-electron chi connectivity index (χ0n) is 13.9. The fourth-order valence-electron chi connectivity index (χ4n) is 2.57. The van der Waals surface area contributed by atoms with E-state index in [1.54, 1.807) is 18.4 Å². The Labute approximate surface area is 145 Å². The molecule has 5 nitrogen and oxygen atoms in total. The van der Waals surface area contributed by atoms with Crippen LogP contribution >= 0.6 is 11.3 Å². The van der Waals surface area contributed by atoms with Gasteiger partial charge in [-0.1, -0.05) is 29.4 Å². The number of aromatic nitrogens is 2. The minimum atomic E-state index is 0.683. The number of ether oxygens (including phenoxy) is 1. The fraction of sp³-hybridized carbons (Fsp3) is 0.333. The van der Waals surface area contributed by atoms with Gasteiger partial charge in [-0.3, -0.25) is 0 Å². The lowest BCUT2D eigenvalue weighted by Crippen LogP contribution is -2.20. The van der Waals surface area contributed by atoms with E-state index in [2.05, 4.69) is 28.2 Å². The smallest absolute Gasteiger partial charge is 0.227 e. The van der Waals surface area contributed by atoms with E-state index in [1.807, 2.05) is 35.7 Å². The van der Waals surface area contributed by atoms with Crippen molar-refractivity contribution in [3.8, 4) is 16.5 Å². The molecule has 0 N–H and O–H groups in total. The lowest BCUT2D eigenvalue weighted by molar-refractivity contribution is 0.303. The van der Waals surface area contributed by atoms with Crippen LogP contribution in [0, 0.1) is 0 Å². The average molecular weight is 343 g/mol. The van der Waals surface area contributed by atoms with Crippen molar-refractivity contribution in [2.45, 2.75) is 19.4 Å². The summed E-state index contributed by atoms with van der Waals surface area (Å²) >= 11 is 1.62. The Balaban J connectivity index is 1.48. The molecule has 0 radical (unpaired) electrons. The van der Waals surface area contributed by atoms with E-state index in [1.165, 1.54) is 5.56 Å². The molecule has 0 aliphatic rings. The summed E-state index contributed by atoms with van der Waals surface area (Å²) < 4.78 is 10.7. The van der Waals surface area contributed by atoms with Crippen LogP contribution in [0.1, 0.15) is 17.9 Å². The standard InChI is InChI=1S/C18H21N3O2S/c1-21(13-14-7-3-4-8-15(14)22-2)11-5-10-17-19-18(20-23-17)16-9-6-12-24-16/h3-4,6-9,12H,5,10-11,13H2,1-2H3. The molecule has 0 atom stereocenters. The third kappa shape index (κ3) is 4.21. The summed E-state index contributed by atoms with van der Waals surface area (Å²) in [6.45, 7) is 1.81. The maximum atomic E-state index is 5.40. The van der Waals surface area contributed by atoms with Crippen LogP contribution in [0.25, 0.3) is 10.7 Å². The maximum Gasteiger partial charge on any atom is 0.227 e. The van der Waals surface area contributed by atoms with Crippen LogP contribution in [0.3, 0.4) is 0 Å². The van der Waals surface area contributed by atoms with Gasteiger partial charge in [0.2, 0.25) is 11.7 Å². The summed E-state index contributed by atoms with van der Waals surface area (Å²) in [6, 6.07) is 12.1. The highest BCUT2D eigenvalue weighted by molar-refractivity contribution is 7.13. The highest BCUT2D eigenvalue weighted by Gasteiger charge is 2.10. The molecule has 0 spiro atoms. The van der Waals surface area contributed by atoms with E-state index in [0.717, 1.165) is 36.6 Å². The molecule has 3 aromatic rings. The molecule has 2 aromatic heterocycles. The molecule has 0 bridgehead atoms. The number of methoxy groups -OCH3 is 1. The van der Waals surface area contributed by atoms with E-state index in [4.69, 9.17) is 9.26 Å². The number of nitrogens with zero attached hydrogens (tertiary/aromatic N) is 3. The summed E-state index contributed by atoms with van der Waals surface area (Å²) in [6.07, 6.45) is 1.76. The normalized spacial score (nSPS) is 11.1. The first-order valence-corrected chi connectivity index (χ1v) is 8.81. The SMILES string of the molecule is COc1ccccc1CN(C)CCCc1nc(-c2cccs2)no1. The van der Waals surface area contributed by atoms with Gasteiger partial charge in [-0.2, -0.15) is 4.98 Å². The summed E-state index contributed by atoms with van der Waals surface area (Å²) in [5.74, 6) is 2.31. The number of aryl methyl sites for hydroxylation is 1. The van der Waals surface area contributed by atoms with Crippen LogP contribution in [-0.2, 0) is 13.0 Å². The third-order valence-corrected chi connectivity index (χ3v) is 4.64. The van der Waals surface area contributed by atoms with Crippen molar-refractivity contribution in [2.24, 2.45) is 0 Å². The number of hydrogen-bond acceptors (Lipinski definition) is 6. The minimum Gasteiger partial charge on any atom is -0.496 e. The average Bonchev–Trinajstić information content (AvgIpc) is 3.26. The van der Waals surface area contributed by atoms with Gasteiger partial charge in [0.1, 0.15) is 5.75 Å². The summed E-state index contributed by atoms with van der Waals surface area (Å²) in [4.78, 5) is 7.77. The van der Waals surface area contributed by atoms with Crippen molar-refractivity contribution in [1.29, 1.82) is 0 Å². The van der Waals surface area contributed by atoms with Gasteiger partial charge in [-0.25, -0.2) is 0 Å². The summed E-state index contributed by atoms with van der Waals surface area (Å²) in [5, 5.41) is 6.05. The van der Waals surface area contributed by atoms with Gasteiger partial charge in [-0.15, -0.1) is 11.3 Å². The van der Waals surface area contributed by atoms with Crippen LogP contribution in [-0.4, -0.2) is 35.7 Å². The zero-order chi connectivity index (χ0) is 16.8. The quantitative estimate of drug-likeness (QED) is 0.621. The van der Waals surface area contributed by atoms with Crippen LogP contribution in [0.4, 0.5) is 0 Å². The molecule has 0 saturated heterocycles. The van der Waals surface area contributed by atoms with Crippen LogP contribution in [0.2, 0.25) is 0 Å². The molecule has 6 heteroatoms. The highest BCUT2D eigenvalue weighted by atomic mass is 32.1. The first kappa shape index (κ1) is 16.7. The predicted molar refractivity (Wildman–Crippen MR) is 95.3 cm³/mol. The Morgan fingerprint density at radius 3 is 2.88 bits per heavy atom. The van der Waals surface area contributed by atoms with Gasteiger partial charge in [-0.05, 0) is 37.5 Å². The van der Waals surface area contributed by atoms with E-state index in [-0.39, 0.29) is 0 Å². The van der Waals surface area contributed by atoms with E-state index >= 15 is 0 Å². The lowest BCUT2D eigenvalue weighted by Gasteiger charge is -2.17. The molecule has 2 heterocycles. The van der Waals surface area contributed by atoms with Gasteiger partial charge in [0, 0.05) is 18.5 Å². The molecule has 0 saturated carbocycles. The van der Waals surface area contributed by atoms with E-state index < -0.39 is 0 Å². The van der Waals surface area contributed by atoms with Crippen LogP contribution in [0.5, 0.6) is 5.75 Å². The Kier molecular flexibility index (Phi) is 5.61. The van der Waals surface area contributed by atoms with Gasteiger partial charge < -0.3 is 14.2 Å². The first-order chi connectivity index (χ1) is 11.8. The number of hydrogen-bond donors (Lipinski definition) is 0. The monoisotopic (exact) mass is 343 g/mol. The second-order valence-electron chi connectivity index (χ2n) is 5.64. The summed E-state index contributed by atoms with van der Waals surface area (Å²) in [7, 11) is 3.82. The molecule has 1 aromatic carbocycles. The maximum absolute atomic E-state index is 5.40. The van der Waals surface area contributed by atoms with Gasteiger partial charge >= 0.3 is 0 Å². The Morgan fingerprint density at radius 2 is 2.08 bits per heavy atom. The van der Waals surface area contributed by atoms with Crippen molar-refractivity contribution in [2.75, 3.05) is 20.7 Å². The Bertz CT molecular complexity index is 755. The van der Waals surface area contributed by atoms with Gasteiger partial charge in [0.05, 0.1) is 12.0 Å². The van der Waals surface area contributed by atoms with Crippen molar-refractivity contribution >= 4 is 11.3 Å². The number of benzene rings is 1. The Hall–Kier alpha value is -2.18. The lowest BCUT2D eigenvalue weighted by atomic mass is 10.2. The number of rotatable bonds is 8. The van der Waals surface area contributed by atoms with E-state index in [9.17, 15) is 0 Å². The molecular formula is C18H21N3O2S. The molecule has 24 heavy (non-hydrogen) atoms. The molecule has 126 valence electrons. The zero-order valence-corrected chi connectivity index (χ0v) is 14.8. The van der Waals surface area contributed by atoms with Crippen molar-refractivity contribution < 1.29 is 9.26 Å². The van der Waals surface area contributed by atoms with Crippen LogP contribution in [0.15, 0.2) is 46.3 Å². The highest BCUT2D eigenvalue weighted by Crippen LogP contribution is 2.22.